The Hall–Kier alpha value is 0.484. The van der Waals surface area contributed by atoms with Crippen LogP contribution in [0.3, 0.4) is 0 Å². The van der Waals surface area contributed by atoms with Crippen LogP contribution >= 0.6 is 0 Å². The van der Waals surface area contributed by atoms with Gasteiger partial charge in [0, 0.05) is 6.23 Å². The second-order valence-corrected chi connectivity index (χ2v) is 5.89. The second kappa shape index (κ2) is 17.9. The quantitative estimate of drug-likeness (QED) is 0.426. The molecule has 142 valence electrons. The smallest absolute Gasteiger partial charge is 1.00 e. The molecular weight excluding hydrogens is 416 g/mol. The van der Waals surface area contributed by atoms with E-state index in [4.69, 9.17) is 10.1 Å². The van der Waals surface area contributed by atoms with Gasteiger partial charge in [-0.3, -0.25) is 0 Å². The van der Waals surface area contributed by atoms with Crippen LogP contribution in [0.5, 0.6) is 5.75 Å². The molecule has 0 aliphatic carbocycles. The average Bonchev–Trinajstić information content (AvgIpc) is 2.48. The molecule has 1 fully saturated rings. The summed E-state index contributed by atoms with van der Waals surface area (Å²) in [5.74, 6) is 0.915. The molecule has 0 amide bonds. The zero-order valence-electron chi connectivity index (χ0n) is 15.0. The van der Waals surface area contributed by atoms with E-state index in [1.54, 1.807) is 0 Å². The third-order valence-electron chi connectivity index (χ3n) is 3.88. The minimum Gasteiger partial charge on any atom is -1.00 e. The minimum absolute atomic E-state index is 0. The fraction of sp³-hybridized carbons (Fsp3) is 0.647. The molecule has 0 N–H and O–H groups in total. The molecule has 2 rings (SSSR count). The summed E-state index contributed by atoms with van der Waals surface area (Å²) in [5.41, 5.74) is 0. The Morgan fingerprint density at radius 2 is 1.44 bits per heavy atom. The van der Waals surface area contributed by atoms with Gasteiger partial charge in [0.15, 0.2) is 0 Å². The first-order valence-corrected chi connectivity index (χ1v) is 7.99. The van der Waals surface area contributed by atoms with E-state index in [0.29, 0.717) is 0 Å². The van der Waals surface area contributed by atoms with Crippen molar-refractivity contribution in [1.82, 2.24) is 9.80 Å². The van der Waals surface area contributed by atoms with E-state index < -0.39 is 0 Å². The van der Waals surface area contributed by atoms with Crippen LogP contribution < -0.4 is 42.0 Å². The first kappa shape index (κ1) is 30.2. The van der Waals surface area contributed by atoms with Crippen molar-refractivity contribution in [3.8, 4) is 5.75 Å². The van der Waals surface area contributed by atoms with Gasteiger partial charge in [0.1, 0.15) is 5.75 Å². The molecule has 1 saturated heterocycles. The number of rotatable bonds is 2. The van der Waals surface area contributed by atoms with Crippen LogP contribution in [0.2, 0.25) is 0 Å². The SMILES string of the molecule is CN1CCC[N-]C(Oc2ccccc2)CCN(C)CCC1.[Cl-].[Cl-].[Cl-].[Ti+4]. The molecule has 1 atom stereocenters. The van der Waals surface area contributed by atoms with E-state index in [1.807, 2.05) is 30.3 Å². The van der Waals surface area contributed by atoms with Gasteiger partial charge >= 0.3 is 21.7 Å². The molecule has 1 aromatic rings. The van der Waals surface area contributed by atoms with Gasteiger partial charge < -0.3 is 57.1 Å². The van der Waals surface area contributed by atoms with E-state index in [0.717, 1.165) is 44.8 Å². The molecule has 1 aliphatic rings. The molecule has 4 nitrogen and oxygen atoms in total. The van der Waals surface area contributed by atoms with E-state index in [-0.39, 0.29) is 65.2 Å². The number of nitrogens with zero attached hydrogens (tertiary/aromatic N) is 3. The van der Waals surface area contributed by atoms with Crippen LogP contribution in [-0.4, -0.2) is 62.8 Å². The first-order chi connectivity index (χ1) is 10.2. The Bertz CT molecular complexity index is 404. The molecular formula is C17H28Cl3N3OTi. The van der Waals surface area contributed by atoms with Crippen LogP contribution in [-0.2, 0) is 21.7 Å². The van der Waals surface area contributed by atoms with Crippen molar-refractivity contribution < 1.29 is 63.7 Å². The molecule has 0 spiro atoms. The molecule has 0 radical (unpaired) electrons. The van der Waals surface area contributed by atoms with Crippen molar-refractivity contribution in [1.29, 1.82) is 0 Å². The summed E-state index contributed by atoms with van der Waals surface area (Å²) >= 11 is 0. The monoisotopic (exact) mass is 443 g/mol. The van der Waals surface area contributed by atoms with E-state index in [9.17, 15) is 0 Å². The van der Waals surface area contributed by atoms with Crippen LogP contribution in [0.25, 0.3) is 5.32 Å². The number of benzene rings is 1. The Balaban J connectivity index is -0.00000121. The van der Waals surface area contributed by atoms with Crippen molar-refractivity contribution >= 4 is 0 Å². The zero-order chi connectivity index (χ0) is 14.9. The molecule has 0 saturated carbocycles. The van der Waals surface area contributed by atoms with Gasteiger partial charge in [-0.05, 0) is 65.2 Å². The molecule has 1 aromatic carbocycles. The number of halogens is 3. The summed E-state index contributed by atoms with van der Waals surface area (Å²) in [5, 5.41) is 4.75. The third-order valence-corrected chi connectivity index (χ3v) is 3.88. The third kappa shape index (κ3) is 13.3. The zero-order valence-corrected chi connectivity index (χ0v) is 18.8. The van der Waals surface area contributed by atoms with Crippen LogP contribution in [0.15, 0.2) is 30.3 Å². The fourth-order valence-corrected chi connectivity index (χ4v) is 2.58. The number of para-hydroxylation sites is 1. The summed E-state index contributed by atoms with van der Waals surface area (Å²) in [6.45, 7) is 5.35. The van der Waals surface area contributed by atoms with Crippen LogP contribution in [0.4, 0.5) is 0 Å². The van der Waals surface area contributed by atoms with Gasteiger partial charge in [-0.1, -0.05) is 24.6 Å². The van der Waals surface area contributed by atoms with Crippen LogP contribution in [0, 0.1) is 0 Å². The summed E-state index contributed by atoms with van der Waals surface area (Å²) in [4.78, 5) is 4.78. The molecule has 25 heavy (non-hydrogen) atoms. The summed E-state index contributed by atoms with van der Waals surface area (Å²) in [7, 11) is 4.38. The predicted molar refractivity (Wildman–Crippen MR) is 87.9 cm³/mol. The maximum absolute atomic E-state index is 6.03. The molecule has 8 heteroatoms. The Morgan fingerprint density at radius 3 is 2.08 bits per heavy atom. The topological polar surface area (TPSA) is 29.8 Å². The maximum Gasteiger partial charge on any atom is 4.00 e. The van der Waals surface area contributed by atoms with E-state index in [1.165, 1.54) is 13.0 Å². The van der Waals surface area contributed by atoms with Crippen LogP contribution in [0.1, 0.15) is 19.3 Å². The van der Waals surface area contributed by atoms with Gasteiger partial charge in [-0.25, -0.2) is 0 Å². The Morgan fingerprint density at radius 1 is 0.880 bits per heavy atom. The standard InChI is InChI=1S/C17H28N3O.3ClH.Ti/c1-19-12-6-11-18-17(10-15-20(2)14-7-13-19)21-16-8-4-3-5-9-16;;;;/h3-5,8-9,17H,6-7,10-15H2,1-2H3;3*1H;/q-1;;;;+4/p-3. The Kier molecular flexibility index (Phi) is 21.6. The largest absolute Gasteiger partial charge is 4.00 e. The van der Waals surface area contributed by atoms with E-state index >= 15 is 0 Å². The fourth-order valence-electron chi connectivity index (χ4n) is 2.58. The van der Waals surface area contributed by atoms with Gasteiger partial charge in [0.2, 0.25) is 0 Å². The van der Waals surface area contributed by atoms with Crippen molar-refractivity contribution in [2.45, 2.75) is 25.5 Å². The number of hydrogen-bond acceptors (Lipinski definition) is 3. The van der Waals surface area contributed by atoms with Crippen molar-refractivity contribution in [2.75, 3.05) is 46.8 Å². The predicted octanol–water partition coefficient (Wildman–Crippen LogP) is -6.18. The van der Waals surface area contributed by atoms with Gasteiger partial charge in [-0.15, -0.1) is 6.54 Å². The Labute approximate surface area is 186 Å². The van der Waals surface area contributed by atoms with Crippen molar-refractivity contribution in [2.24, 2.45) is 0 Å². The maximum atomic E-state index is 6.03. The van der Waals surface area contributed by atoms with Crippen molar-refractivity contribution in [3.05, 3.63) is 35.6 Å². The first-order valence-electron chi connectivity index (χ1n) is 7.99. The van der Waals surface area contributed by atoms with Gasteiger partial charge in [0.25, 0.3) is 0 Å². The minimum atomic E-state index is -0.0282. The van der Waals surface area contributed by atoms with Gasteiger partial charge in [0.05, 0.1) is 0 Å². The summed E-state index contributed by atoms with van der Waals surface area (Å²) in [6, 6.07) is 10.0. The molecule has 1 heterocycles. The average molecular weight is 445 g/mol. The molecule has 1 aliphatic heterocycles. The summed E-state index contributed by atoms with van der Waals surface area (Å²) in [6.07, 6.45) is 3.27. The van der Waals surface area contributed by atoms with Gasteiger partial charge in [-0.2, -0.15) is 0 Å². The normalized spacial score (nSPS) is 20.2. The number of ether oxygens (including phenoxy) is 1. The molecule has 1 unspecified atom stereocenters. The number of hydrogen-bond donors (Lipinski definition) is 0. The molecule has 0 bridgehead atoms. The summed E-state index contributed by atoms with van der Waals surface area (Å²) < 4.78 is 6.03. The molecule has 0 aromatic heterocycles. The van der Waals surface area contributed by atoms with E-state index in [2.05, 4.69) is 23.9 Å². The second-order valence-electron chi connectivity index (χ2n) is 5.89. The van der Waals surface area contributed by atoms with Crippen molar-refractivity contribution in [3.63, 3.8) is 0 Å².